The highest BCUT2D eigenvalue weighted by Crippen LogP contribution is 2.64. The zero-order valence-electron chi connectivity index (χ0n) is 20.2. The average Bonchev–Trinajstić information content (AvgIpc) is 2.83. The van der Waals surface area contributed by atoms with Gasteiger partial charge < -0.3 is 25.2 Å². The van der Waals surface area contributed by atoms with Crippen LogP contribution in [0.2, 0.25) is 0 Å². The van der Waals surface area contributed by atoms with Crippen LogP contribution in [0.5, 0.6) is 0 Å². The monoisotopic (exact) mass is 669 g/mol. The van der Waals surface area contributed by atoms with E-state index in [0.717, 1.165) is 7.05 Å². The van der Waals surface area contributed by atoms with Gasteiger partial charge in [0, 0.05) is 13.5 Å². The van der Waals surface area contributed by atoms with Crippen LogP contribution in [-0.2, 0) is 9.57 Å². The number of rotatable bonds is 13. The topological polar surface area (TPSA) is 103 Å². The molecule has 0 bridgehead atoms. The molecule has 0 amide bonds. The normalized spacial score (nSPS) is 26.2. The van der Waals surface area contributed by atoms with Crippen molar-refractivity contribution in [1.29, 1.82) is 0 Å². The number of halogens is 17. The summed E-state index contributed by atoms with van der Waals surface area (Å²) in [5.41, 5.74) is 0. The van der Waals surface area contributed by atoms with Gasteiger partial charge in [0.15, 0.2) is 6.23 Å². The standard InChI is InChI=1S/C18H20F17NO6/c1-36(10-9(40)8(39)7(38)6(5-37)42-10)41-4-2-3-11(19,20)12(21,22)13(23,24)14(25,26)15(27,28)16(29,30)17(31,32)18(33,34)35/h6-10,37-40H,2-5H2,1H3/t6-,7-,8+,9+,10+/m1/s1. The molecule has 0 aromatic rings. The number of alkyl halides is 17. The molecule has 0 aromatic heterocycles. The number of ether oxygens (including phenoxy) is 1. The molecule has 7 nitrogen and oxygen atoms in total. The van der Waals surface area contributed by atoms with E-state index in [1.165, 1.54) is 0 Å². The van der Waals surface area contributed by atoms with Crippen molar-refractivity contribution in [3.63, 3.8) is 0 Å². The second-order valence-electron chi connectivity index (χ2n) is 8.85. The smallest absolute Gasteiger partial charge is 0.394 e. The van der Waals surface area contributed by atoms with Gasteiger partial charge in [0.05, 0.1) is 13.2 Å². The Labute approximate surface area is 222 Å². The number of likely N-dealkylation sites (N-methyl/N-ethyl adjacent to an activating group) is 1. The van der Waals surface area contributed by atoms with Gasteiger partial charge in [0.2, 0.25) is 0 Å². The first-order valence-corrected chi connectivity index (χ1v) is 10.8. The van der Waals surface area contributed by atoms with Crippen LogP contribution in [0, 0.1) is 0 Å². The molecule has 0 aromatic carbocycles. The van der Waals surface area contributed by atoms with Crippen molar-refractivity contribution >= 4 is 0 Å². The fourth-order valence-electron chi connectivity index (χ4n) is 3.31. The Hall–Kier alpha value is -1.47. The summed E-state index contributed by atoms with van der Waals surface area (Å²) < 4.78 is 231. The molecule has 42 heavy (non-hydrogen) atoms. The summed E-state index contributed by atoms with van der Waals surface area (Å²) in [6, 6.07) is 0. The summed E-state index contributed by atoms with van der Waals surface area (Å²) in [6.45, 7) is -2.31. The number of hydrogen-bond donors (Lipinski definition) is 4. The highest BCUT2D eigenvalue weighted by atomic mass is 19.4. The van der Waals surface area contributed by atoms with Gasteiger partial charge in [-0.1, -0.05) is 0 Å². The maximum atomic E-state index is 13.9. The SMILES string of the molecule is CN(OCCCC(F)(F)C(F)(F)C(F)(F)C(F)(F)C(F)(F)C(F)(F)C(F)(F)C(F)(F)F)[C@H]1O[C@H](CO)[C@@H](O)[C@H](O)[C@@H]1O. The van der Waals surface area contributed by atoms with Crippen LogP contribution in [-0.4, -0.2) is 124 Å². The summed E-state index contributed by atoms with van der Waals surface area (Å²) in [5, 5.41) is 38.5. The lowest BCUT2D eigenvalue weighted by molar-refractivity contribution is -0.461. The van der Waals surface area contributed by atoms with E-state index < -0.39 is 104 Å². The van der Waals surface area contributed by atoms with Crippen molar-refractivity contribution in [3.8, 4) is 0 Å². The Bertz CT molecular complexity index is 915. The van der Waals surface area contributed by atoms with Crippen LogP contribution >= 0.6 is 0 Å². The largest absolute Gasteiger partial charge is 0.460 e. The first kappa shape index (κ1) is 38.6. The lowest BCUT2D eigenvalue weighted by atomic mass is 9.88. The van der Waals surface area contributed by atoms with E-state index in [-0.39, 0.29) is 0 Å². The zero-order chi connectivity index (χ0) is 33.7. The molecular formula is C18H20F17NO6. The van der Waals surface area contributed by atoms with Gasteiger partial charge in [0.25, 0.3) is 0 Å². The van der Waals surface area contributed by atoms with Crippen molar-refractivity contribution in [2.24, 2.45) is 0 Å². The van der Waals surface area contributed by atoms with Crippen molar-refractivity contribution in [2.75, 3.05) is 20.3 Å². The molecule has 1 saturated heterocycles. The number of hydrogen-bond acceptors (Lipinski definition) is 7. The molecule has 0 saturated carbocycles. The fourth-order valence-corrected chi connectivity index (χ4v) is 3.31. The molecule has 5 atom stereocenters. The van der Waals surface area contributed by atoms with E-state index in [0.29, 0.717) is 5.06 Å². The summed E-state index contributed by atoms with van der Waals surface area (Å²) in [5.74, 6) is -57.0. The quantitative estimate of drug-likeness (QED) is 0.136. The van der Waals surface area contributed by atoms with Crippen molar-refractivity contribution in [1.82, 2.24) is 5.06 Å². The minimum absolute atomic E-state index is 0.338. The van der Waals surface area contributed by atoms with Gasteiger partial charge in [-0.2, -0.15) is 79.7 Å². The molecule has 4 N–H and O–H groups in total. The zero-order valence-corrected chi connectivity index (χ0v) is 20.2. The first-order valence-electron chi connectivity index (χ1n) is 10.8. The molecule has 1 heterocycles. The Morgan fingerprint density at radius 2 is 1.02 bits per heavy atom. The number of aliphatic hydroxyl groups is 4. The predicted molar refractivity (Wildman–Crippen MR) is 97.4 cm³/mol. The van der Waals surface area contributed by atoms with E-state index in [9.17, 15) is 90.0 Å². The van der Waals surface area contributed by atoms with Crippen LogP contribution in [0.4, 0.5) is 74.6 Å². The van der Waals surface area contributed by atoms with Gasteiger partial charge in [-0.05, 0) is 6.42 Å². The van der Waals surface area contributed by atoms with E-state index in [1.807, 2.05) is 0 Å². The second kappa shape index (κ2) is 11.8. The van der Waals surface area contributed by atoms with Crippen LogP contribution in [0.1, 0.15) is 12.8 Å². The lowest BCUT2D eigenvalue weighted by Crippen LogP contribution is -2.74. The Morgan fingerprint density at radius 1 is 0.619 bits per heavy atom. The Balaban J connectivity index is 3.11. The average molecular weight is 669 g/mol. The van der Waals surface area contributed by atoms with E-state index in [1.54, 1.807) is 0 Å². The summed E-state index contributed by atoms with van der Waals surface area (Å²) in [7, 11) is 0.785. The number of hydroxylamine groups is 2. The molecule has 0 spiro atoms. The third kappa shape index (κ3) is 5.95. The molecule has 252 valence electrons. The van der Waals surface area contributed by atoms with Gasteiger partial charge in [0.1, 0.15) is 24.4 Å². The highest BCUT2D eigenvalue weighted by molar-refractivity contribution is 5.15. The van der Waals surface area contributed by atoms with Crippen LogP contribution < -0.4 is 0 Å². The molecule has 1 aliphatic heterocycles. The van der Waals surface area contributed by atoms with Crippen molar-refractivity contribution in [3.05, 3.63) is 0 Å². The van der Waals surface area contributed by atoms with Crippen molar-refractivity contribution < 1.29 is 105 Å². The Kier molecular flexibility index (Phi) is 10.8. The lowest BCUT2D eigenvalue weighted by Gasteiger charge is -2.43. The second-order valence-corrected chi connectivity index (χ2v) is 8.85. The predicted octanol–water partition coefficient (Wildman–Crippen LogP) is 3.44. The minimum Gasteiger partial charge on any atom is -0.394 e. The Morgan fingerprint density at radius 3 is 1.43 bits per heavy atom. The van der Waals surface area contributed by atoms with Crippen LogP contribution in [0.3, 0.4) is 0 Å². The van der Waals surface area contributed by atoms with Gasteiger partial charge >= 0.3 is 47.6 Å². The first-order chi connectivity index (χ1) is 18.4. The summed E-state index contributed by atoms with van der Waals surface area (Å²) in [4.78, 5) is 4.61. The maximum Gasteiger partial charge on any atom is 0.460 e. The minimum atomic E-state index is -8.71. The molecule has 0 aliphatic carbocycles. The summed E-state index contributed by atoms with van der Waals surface area (Å²) in [6.07, 6.45) is -21.6. The molecule has 1 rings (SSSR count). The third-order valence-electron chi connectivity index (χ3n) is 5.94. The molecule has 1 fully saturated rings. The number of aliphatic hydroxyl groups excluding tert-OH is 4. The van der Waals surface area contributed by atoms with Crippen molar-refractivity contribution in [2.45, 2.75) is 91.1 Å². The van der Waals surface area contributed by atoms with Gasteiger partial charge in [-0.3, -0.25) is 4.84 Å². The number of nitrogens with zero attached hydrogens (tertiary/aromatic N) is 1. The molecule has 24 heteroatoms. The van der Waals surface area contributed by atoms with Gasteiger partial charge in [-0.25, -0.2) is 0 Å². The third-order valence-corrected chi connectivity index (χ3v) is 5.94. The van der Waals surface area contributed by atoms with E-state index >= 15 is 0 Å². The molecular weight excluding hydrogens is 649 g/mol. The fraction of sp³-hybridized carbons (Fsp3) is 1.00. The van der Waals surface area contributed by atoms with E-state index in [2.05, 4.69) is 4.84 Å². The maximum absolute atomic E-state index is 13.9. The van der Waals surface area contributed by atoms with Gasteiger partial charge in [-0.15, -0.1) is 0 Å². The molecule has 0 radical (unpaired) electrons. The van der Waals surface area contributed by atoms with Crippen LogP contribution in [0.25, 0.3) is 0 Å². The van der Waals surface area contributed by atoms with E-state index in [4.69, 9.17) is 9.84 Å². The summed E-state index contributed by atoms with van der Waals surface area (Å²) >= 11 is 0. The highest BCUT2D eigenvalue weighted by Gasteiger charge is 2.95. The molecule has 0 unspecified atom stereocenters. The van der Waals surface area contributed by atoms with Crippen LogP contribution in [0.15, 0.2) is 0 Å². The molecule has 1 aliphatic rings.